The molecule has 1 aliphatic rings. The fraction of sp³-hybridized carbons (Fsp3) is 0.318. The van der Waals surface area contributed by atoms with E-state index in [1.165, 1.54) is 13.0 Å². The average Bonchev–Trinajstić information content (AvgIpc) is 2.73. The number of carbonyl (C=O) groups excluding carboxylic acids is 3. The number of ketones is 1. The fourth-order valence-electron chi connectivity index (χ4n) is 3.59. The van der Waals surface area contributed by atoms with Gasteiger partial charge >= 0.3 is 6.03 Å². The molecule has 2 aromatic rings. The van der Waals surface area contributed by atoms with Crippen LogP contribution in [0.15, 0.2) is 48.5 Å². The van der Waals surface area contributed by atoms with E-state index in [4.69, 9.17) is 5.73 Å². The van der Waals surface area contributed by atoms with Crippen molar-refractivity contribution in [2.45, 2.75) is 19.4 Å². The first kappa shape index (κ1) is 21.3. The molecule has 3 amide bonds. The Morgan fingerprint density at radius 2 is 1.73 bits per heavy atom. The number of primary amides is 1. The van der Waals surface area contributed by atoms with Gasteiger partial charge in [-0.05, 0) is 30.7 Å². The summed E-state index contributed by atoms with van der Waals surface area (Å²) in [5.74, 6) is -0.869. The standard InChI is InChI=1S/C22H25FN4O3/c1-15(28)17-7-8-20(18(23)14-17)26-9-11-27(12-10-26)21(29)19(25-22(24)30)13-16-5-3-2-4-6-16/h2-8,14,19H,9-13H2,1H3,(H3,24,25,30)/t19-/m0/s1. The number of urea groups is 1. The summed E-state index contributed by atoms with van der Waals surface area (Å²) in [6.45, 7) is 3.05. The number of nitrogens with two attached hydrogens (primary N) is 1. The lowest BCUT2D eigenvalue weighted by molar-refractivity contribution is -0.133. The maximum absolute atomic E-state index is 14.4. The number of piperazine rings is 1. The summed E-state index contributed by atoms with van der Waals surface area (Å²) in [5.41, 5.74) is 6.91. The van der Waals surface area contributed by atoms with E-state index in [1.54, 1.807) is 17.0 Å². The second-order valence-corrected chi connectivity index (χ2v) is 7.29. The van der Waals surface area contributed by atoms with Crippen LogP contribution >= 0.6 is 0 Å². The summed E-state index contributed by atoms with van der Waals surface area (Å²) in [5, 5.41) is 2.54. The van der Waals surface area contributed by atoms with E-state index in [9.17, 15) is 18.8 Å². The summed E-state index contributed by atoms with van der Waals surface area (Å²) in [6, 6.07) is 12.3. The van der Waals surface area contributed by atoms with Gasteiger partial charge in [-0.3, -0.25) is 9.59 Å². The van der Waals surface area contributed by atoms with Gasteiger partial charge in [-0.1, -0.05) is 30.3 Å². The molecule has 1 atom stereocenters. The predicted molar refractivity (Wildman–Crippen MR) is 112 cm³/mol. The van der Waals surface area contributed by atoms with Crippen LogP contribution in [0.1, 0.15) is 22.8 Å². The van der Waals surface area contributed by atoms with Crippen LogP contribution in [0.3, 0.4) is 0 Å². The smallest absolute Gasteiger partial charge is 0.312 e. The van der Waals surface area contributed by atoms with Gasteiger partial charge in [-0.15, -0.1) is 0 Å². The maximum Gasteiger partial charge on any atom is 0.312 e. The van der Waals surface area contributed by atoms with Gasteiger partial charge in [0.15, 0.2) is 5.78 Å². The van der Waals surface area contributed by atoms with Gasteiger partial charge in [0.25, 0.3) is 0 Å². The lowest BCUT2D eigenvalue weighted by Gasteiger charge is -2.37. The molecule has 158 valence electrons. The third-order valence-electron chi connectivity index (χ3n) is 5.18. The van der Waals surface area contributed by atoms with Crippen LogP contribution in [0.25, 0.3) is 0 Å². The van der Waals surface area contributed by atoms with E-state index in [1.807, 2.05) is 35.2 Å². The minimum absolute atomic E-state index is 0.192. The maximum atomic E-state index is 14.4. The fourth-order valence-corrected chi connectivity index (χ4v) is 3.59. The highest BCUT2D eigenvalue weighted by Crippen LogP contribution is 2.22. The van der Waals surface area contributed by atoms with Crippen LogP contribution in [-0.2, 0) is 11.2 Å². The van der Waals surface area contributed by atoms with E-state index in [2.05, 4.69) is 5.32 Å². The lowest BCUT2D eigenvalue weighted by Crippen LogP contribution is -2.56. The van der Waals surface area contributed by atoms with Crippen LogP contribution in [0.5, 0.6) is 0 Å². The molecule has 0 unspecified atom stereocenters. The van der Waals surface area contributed by atoms with Crippen molar-refractivity contribution in [3.63, 3.8) is 0 Å². The van der Waals surface area contributed by atoms with Gasteiger partial charge in [-0.25, -0.2) is 9.18 Å². The summed E-state index contributed by atoms with van der Waals surface area (Å²) in [6.07, 6.45) is 0.337. The first-order valence-corrected chi connectivity index (χ1v) is 9.79. The number of halogens is 1. The molecule has 7 nitrogen and oxygen atoms in total. The van der Waals surface area contributed by atoms with E-state index in [-0.39, 0.29) is 11.7 Å². The number of hydrogen-bond acceptors (Lipinski definition) is 4. The molecule has 2 aromatic carbocycles. The minimum atomic E-state index is -0.761. The SMILES string of the molecule is CC(=O)c1ccc(N2CCN(C(=O)[C@H](Cc3ccccc3)NC(N)=O)CC2)c(F)c1. The zero-order valence-electron chi connectivity index (χ0n) is 16.8. The van der Waals surface area contributed by atoms with Crippen molar-refractivity contribution in [2.24, 2.45) is 5.73 Å². The molecule has 1 saturated heterocycles. The van der Waals surface area contributed by atoms with E-state index >= 15 is 0 Å². The number of carbonyl (C=O) groups is 3. The number of Topliss-reactive ketones (excluding diaryl/α,β-unsaturated/α-hetero) is 1. The van der Waals surface area contributed by atoms with Crippen molar-refractivity contribution in [3.05, 3.63) is 65.5 Å². The van der Waals surface area contributed by atoms with Crippen LogP contribution in [-0.4, -0.2) is 54.8 Å². The molecule has 1 fully saturated rings. The van der Waals surface area contributed by atoms with Crippen molar-refractivity contribution in [3.8, 4) is 0 Å². The van der Waals surface area contributed by atoms with Crippen LogP contribution in [0.2, 0.25) is 0 Å². The number of benzene rings is 2. The zero-order chi connectivity index (χ0) is 21.7. The Labute approximate surface area is 174 Å². The highest BCUT2D eigenvalue weighted by Gasteiger charge is 2.29. The second-order valence-electron chi connectivity index (χ2n) is 7.29. The molecule has 0 aliphatic carbocycles. The largest absolute Gasteiger partial charge is 0.366 e. The Balaban J connectivity index is 1.65. The number of anilines is 1. The van der Waals surface area contributed by atoms with Gasteiger partial charge in [0, 0.05) is 38.2 Å². The number of nitrogens with one attached hydrogen (secondary N) is 1. The van der Waals surface area contributed by atoms with Crippen LogP contribution in [0.4, 0.5) is 14.9 Å². The highest BCUT2D eigenvalue weighted by atomic mass is 19.1. The topological polar surface area (TPSA) is 95.7 Å². The molecule has 1 aliphatic heterocycles. The van der Waals surface area contributed by atoms with E-state index in [0.29, 0.717) is 43.9 Å². The number of amides is 3. The molecular weight excluding hydrogens is 387 g/mol. The normalized spacial score (nSPS) is 14.9. The Morgan fingerprint density at radius 3 is 2.30 bits per heavy atom. The molecule has 0 radical (unpaired) electrons. The summed E-state index contributed by atoms with van der Waals surface area (Å²) in [4.78, 5) is 39.3. The number of rotatable bonds is 6. The van der Waals surface area contributed by atoms with Crippen molar-refractivity contribution in [1.29, 1.82) is 0 Å². The molecule has 3 rings (SSSR count). The second kappa shape index (κ2) is 9.39. The Morgan fingerprint density at radius 1 is 1.07 bits per heavy atom. The molecule has 0 bridgehead atoms. The van der Waals surface area contributed by atoms with Crippen molar-refractivity contribution >= 4 is 23.4 Å². The molecule has 30 heavy (non-hydrogen) atoms. The number of hydrogen-bond donors (Lipinski definition) is 2. The molecule has 3 N–H and O–H groups in total. The van der Waals surface area contributed by atoms with E-state index in [0.717, 1.165) is 5.56 Å². The third kappa shape index (κ3) is 5.14. The van der Waals surface area contributed by atoms with Gasteiger partial charge in [0.1, 0.15) is 11.9 Å². The van der Waals surface area contributed by atoms with Gasteiger partial charge in [0.05, 0.1) is 5.69 Å². The molecule has 0 spiro atoms. The highest BCUT2D eigenvalue weighted by molar-refractivity contribution is 5.94. The van der Waals surface area contributed by atoms with E-state index < -0.39 is 17.9 Å². The summed E-state index contributed by atoms with van der Waals surface area (Å²) < 4.78 is 14.4. The monoisotopic (exact) mass is 412 g/mol. The van der Waals surface area contributed by atoms with Crippen molar-refractivity contribution in [2.75, 3.05) is 31.1 Å². The van der Waals surface area contributed by atoms with Crippen LogP contribution in [0, 0.1) is 5.82 Å². The average molecular weight is 412 g/mol. The first-order valence-electron chi connectivity index (χ1n) is 9.79. The Kier molecular flexibility index (Phi) is 6.66. The Hall–Kier alpha value is -3.42. The van der Waals surface area contributed by atoms with Gasteiger partial charge in [0.2, 0.25) is 5.91 Å². The van der Waals surface area contributed by atoms with Gasteiger partial charge in [-0.2, -0.15) is 0 Å². The van der Waals surface area contributed by atoms with Crippen LogP contribution < -0.4 is 16.0 Å². The van der Waals surface area contributed by atoms with Crippen molar-refractivity contribution < 1.29 is 18.8 Å². The lowest BCUT2D eigenvalue weighted by atomic mass is 10.0. The molecule has 8 heteroatoms. The predicted octanol–water partition coefficient (Wildman–Crippen LogP) is 1.96. The zero-order valence-corrected chi connectivity index (χ0v) is 16.8. The molecular formula is C22H25FN4O3. The third-order valence-corrected chi connectivity index (χ3v) is 5.18. The molecule has 0 saturated carbocycles. The van der Waals surface area contributed by atoms with Crippen molar-refractivity contribution in [1.82, 2.24) is 10.2 Å². The number of nitrogens with zero attached hydrogens (tertiary/aromatic N) is 2. The first-order chi connectivity index (χ1) is 14.3. The summed E-state index contributed by atoms with van der Waals surface area (Å²) in [7, 11) is 0. The van der Waals surface area contributed by atoms with Gasteiger partial charge < -0.3 is 20.9 Å². The molecule has 0 aromatic heterocycles. The Bertz CT molecular complexity index is 927. The minimum Gasteiger partial charge on any atom is -0.366 e. The molecule has 1 heterocycles. The summed E-state index contributed by atoms with van der Waals surface area (Å²) >= 11 is 0. The quantitative estimate of drug-likeness (QED) is 0.709.